The Hall–Kier alpha value is -2.71. The molecule has 3 aromatic rings. The van der Waals surface area contributed by atoms with Crippen molar-refractivity contribution in [1.29, 1.82) is 5.26 Å². The first-order chi connectivity index (χ1) is 12.1. The lowest BCUT2D eigenvalue weighted by Gasteiger charge is -2.20. The highest BCUT2D eigenvalue weighted by molar-refractivity contribution is 7.99. The van der Waals surface area contributed by atoms with Gasteiger partial charge in [0.25, 0.3) is 5.91 Å². The largest absolute Gasteiger partial charge is 0.340 e. The molecule has 3 rings (SSSR count). The first-order valence-corrected chi connectivity index (χ1v) is 9.03. The number of rotatable bonds is 5. The molecule has 0 bridgehead atoms. The number of thioether (sulfide) groups is 1. The standard InChI is InChI=1S/C20H19N3OS/c1-22-16-9-4-3-8-15(16)14-18(22)20(24)23(2)17-10-5-6-11-19(17)25-13-7-12-21/h3-6,8-11,14H,7,13H2,1-2H3. The van der Waals surface area contributed by atoms with Crippen LogP contribution in [0.5, 0.6) is 0 Å². The summed E-state index contributed by atoms with van der Waals surface area (Å²) in [4.78, 5) is 15.8. The van der Waals surface area contributed by atoms with Crippen molar-refractivity contribution < 1.29 is 4.79 Å². The van der Waals surface area contributed by atoms with Gasteiger partial charge in [-0.05, 0) is 24.3 Å². The van der Waals surface area contributed by atoms with Crippen molar-refractivity contribution in [3.8, 4) is 6.07 Å². The van der Waals surface area contributed by atoms with E-state index < -0.39 is 0 Å². The summed E-state index contributed by atoms with van der Waals surface area (Å²) in [6.45, 7) is 0. The van der Waals surface area contributed by atoms with E-state index in [1.54, 1.807) is 23.7 Å². The SMILES string of the molecule is CN(C(=O)c1cc2ccccc2n1C)c1ccccc1SCCC#N. The van der Waals surface area contributed by atoms with Gasteiger partial charge in [0.2, 0.25) is 0 Å². The highest BCUT2D eigenvalue weighted by atomic mass is 32.2. The van der Waals surface area contributed by atoms with Crippen LogP contribution in [-0.2, 0) is 7.05 Å². The molecule has 25 heavy (non-hydrogen) atoms. The minimum Gasteiger partial charge on any atom is -0.340 e. The zero-order valence-electron chi connectivity index (χ0n) is 14.3. The third-order valence-corrected chi connectivity index (χ3v) is 5.24. The van der Waals surface area contributed by atoms with Crippen molar-refractivity contribution in [3.05, 3.63) is 60.3 Å². The predicted octanol–water partition coefficient (Wildman–Crippen LogP) is 4.46. The molecule has 0 aliphatic heterocycles. The first kappa shape index (κ1) is 17.1. The zero-order chi connectivity index (χ0) is 17.8. The van der Waals surface area contributed by atoms with Crippen LogP contribution in [0, 0.1) is 11.3 Å². The second-order valence-corrected chi connectivity index (χ2v) is 6.87. The zero-order valence-corrected chi connectivity index (χ0v) is 15.1. The molecular weight excluding hydrogens is 330 g/mol. The topological polar surface area (TPSA) is 49.0 Å². The van der Waals surface area contributed by atoms with Crippen LogP contribution in [0.1, 0.15) is 16.9 Å². The number of amides is 1. The number of aryl methyl sites for hydroxylation is 1. The van der Waals surface area contributed by atoms with Crippen molar-refractivity contribution in [1.82, 2.24) is 4.57 Å². The Bertz CT molecular complexity index is 955. The van der Waals surface area contributed by atoms with E-state index in [0.29, 0.717) is 17.9 Å². The van der Waals surface area contributed by atoms with Gasteiger partial charge in [0, 0.05) is 42.1 Å². The number of aromatic nitrogens is 1. The van der Waals surface area contributed by atoms with Crippen LogP contribution >= 0.6 is 11.8 Å². The van der Waals surface area contributed by atoms with Crippen LogP contribution in [0.15, 0.2) is 59.5 Å². The fourth-order valence-corrected chi connectivity index (χ4v) is 3.78. The second-order valence-electron chi connectivity index (χ2n) is 5.74. The van der Waals surface area contributed by atoms with Gasteiger partial charge in [-0.3, -0.25) is 4.79 Å². The Labute approximate surface area is 151 Å². The lowest BCUT2D eigenvalue weighted by molar-refractivity contribution is 0.0985. The average molecular weight is 349 g/mol. The smallest absolute Gasteiger partial charge is 0.274 e. The fraction of sp³-hybridized carbons (Fsp3) is 0.200. The van der Waals surface area contributed by atoms with Gasteiger partial charge in [0.15, 0.2) is 0 Å². The molecule has 1 heterocycles. The van der Waals surface area contributed by atoms with E-state index >= 15 is 0 Å². The van der Waals surface area contributed by atoms with Gasteiger partial charge in [0.05, 0.1) is 11.8 Å². The summed E-state index contributed by atoms with van der Waals surface area (Å²) in [6, 6.07) is 19.9. The Morgan fingerprint density at radius 2 is 1.92 bits per heavy atom. The summed E-state index contributed by atoms with van der Waals surface area (Å²) in [5, 5.41) is 9.78. The fourth-order valence-electron chi connectivity index (χ4n) is 2.84. The van der Waals surface area contributed by atoms with Crippen LogP contribution in [0.25, 0.3) is 10.9 Å². The molecule has 0 atom stereocenters. The molecule has 5 heteroatoms. The van der Waals surface area contributed by atoms with Crippen LogP contribution < -0.4 is 4.90 Å². The molecule has 0 unspecified atom stereocenters. The molecule has 0 spiro atoms. The van der Waals surface area contributed by atoms with E-state index in [2.05, 4.69) is 6.07 Å². The van der Waals surface area contributed by atoms with Crippen molar-refractivity contribution in [2.24, 2.45) is 7.05 Å². The Kier molecular flexibility index (Phi) is 5.11. The number of carbonyl (C=O) groups excluding carboxylic acids is 1. The first-order valence-electron chi connectivity index (χ1n) is 8.04. The number of fused-ring (bicyclic) bond motifs is 1. The lowest BCUT2D eigenvalue weighted by Crippen LogP contribution is -2.28. The Morgan fingerprint density at radius 3 is 2.68 bits per heavy atom. The van der Waals surface area contributed by atoms with Crippen LogP contribution in [-0.4, -0.2) is 23.3 Å². The monoisotopic (exact) mass is 349 g/mol. The molecule has 0 N–H and O–H groups in total. The molecule has 2 aromatic carbocycles. The van der Waals surface area contributed by atoms with Crippen LogP contribution in [0.3, 0.4) is 0 Å². The minimum atomic E-state index is -0.0490. The van der Waals surface area contributed by atoms with E-state index in [4.69, 9.17) is 5.26 Å². The molecule has 1 amide bonds. The molecule has 0 radical (unpaired) electrons. The molecule has 126 valence electrons. The van der Waals surface area contributed by atoms with Crippen LogP contribution in [0.2, 0.25) is 0 Å². The van der Waals surface area contributed by atoms with Crippen molar-refractivity contribution in [2.75, 3.05) is 17.7 Å². The summed E-state index contributed by atoms with van der Waals surface area (Å²) >= 11 is 1.60. The number of para-hydroxylation sites is 2. The number of anilines is 1. The summed E-state index contributed by atoms with van der Waals surface area (Å²) in [5.41, 5.74) is 2.55. The van der Waals surface area contributed by atoms with E-state index in [1.807, 2.05) is 66.2 Å². The van der Waals surface area contributed by atoms with E-state index in [1.165, 1.54) is 0 Å². The number of benzene rings is 2. The number of carbonyl (C=O) groups is 1. The van der Waals surface area contributed by atoms with Crippen molar-refractivity contribution in [2.45, 2.75) is 11.3 Å². The van der Waals surface area contributed by atoms with Gasteiger partial charge in [-0.2, -0.15) is 5.26 Å². The second kappa shape index (κ2) is 7.45. The van der Waals surface area contributed by atoms with Gasteiger partial charge in [0.1, 0.15) is 5.69 Å². The molecule has 4 nitrogen and oxygen atoms in total. The maximum absolute atomic E-state index is 13.1. The summed E-state index contributed by atoms with van der Waals surface area (Å²) in [5.74, 6) is 0.663. The van der Waals surface area contributed by atoms with Gasteiger partial charge >= 0.3 is 0 Å². The van der Waals surface area contributed by atoms with Gasteiger partial charge in [-0.15, -0.1) is 11.8 Å². The number of nitriles is 1. The Balaban J connectivity index is 1.92. The number of hydrogen-bond acceptors (Lipinski definition) is 3. The van der Waals surface area contributed by atoms with E-state index in [9.17, 15) is 4.79 Å². The molecule has 0 aliphatic carbocycles. The predicted molar refractivity (Wildman–Crippen MR) is 103 cm³/mol. The summed E-state index contributed by atoms with van der Waals surface area (Å²) < 4.78 is 1.93. The highest BCUT2D eigenvalue weighted by Crippen LogP contribution is 2.31. The van der Waals surface area contributed by atoms with Crippen LogP contribution in [0.4, 0.5) is 5.69 Å². The minimum absolute atomic E-state index is 0.0490. The molecule has 0 saturated carbocycles. The maximum atomic E-state index is 13.1. The molecule has 0 fully saturated rings. The van der Waals surface area contributed by atoms with Gasteiger partial charge in [-0.1, -0.05) is 30.3 Å². The van der Waals surface area contributed by atoms with Crippen molar-refractivity contribution >= 4 is 34.3 Å². The normalized spacial score (nSPS) is 10.6. The van der Waals surface area contributed by atoms with Gasteiger partial charge in [-0.25, -0.2) is 0 Å². The third kappa shape index (κ3) is 3.40. The molecular formula is C20H19N3OS. The van der Waals surface area contributed by atoms with E-state index in [0.717, 1.165) is 21.5 Å². The maximum Gasteiger partial charge on any atom is 0.274 e. The molecule has 0 aliphatic rings. The molecule has 0 saturated heterocycles. The summed E-state index contributed by atoms with van der Waals surface area (Å²) in [6.07, 6.45) is 0.486. The highest BCUT2D eigenvalue weighted by Gasteiger charge is 2.20. The van der Waals surface area contributed by atoms with Crippen molar-refractivity contribution in [3.63, 3.8) is 0 Å². The quantitative estimate of drug-likeness (QED) is 0.505. The molecule has 1 aromatic heterocycles. The number of hydrogen-bond donors (Lipinski definition) is 0. The lowest BCUT2D eigenvalue weighted by atomic mass is 10.2. The third-order valence-electron chi connectivity index (χ3n) is 4.17. The average Bonchev–Trinajstić information content (AvgIpc) is 2.98. The Morgan fingerprint density at radius 1 is 1.20 bits per heavy atom. The van der Waals surface area contributed by atoms with E-state index in [-0.39, 0.29) is 5.91 Å². The summed E-state index contributed by atoms with van der Waals surface area (Å²) in [7, 11) is 3.71. The number of nitrogens with zero attached hydrogens (tertiary/aromatic N) is 3. The van der Waals surface area contributed by atoms with Gasteiger partial charge < -0.3 is 9.47 Å².